The zero-order valence-corrected chi connectivity index (χ0v) is 12.6. The summed E-state index contributed by atoms with van der Waals surface area (Å²) in [5.74, 6) is -0.00891. The van der Waals surface area contributed by atoms with E-state index < -0.39 is 0 Å². The van der Waals surface area contributed by atoms with Crippen LogP contribution in [0.2, 0.25) is 0 Å². The van der Waals surface area contributed by atoms with Gasteiger partial charge in [-0.25, -0.2) is 4.68 Å². The zero-order valence-electron chi connectivity index (χ0n) is 12.6. The molecule has 1 aromatic carbocycles. The molecule has 0 aliphatic carbocycles. The molecule has 0 spiro atoms. The minimum atomic E-state index is -0.177. The summed E-state index contributed by atoms with van der Waals surface area (Å²) >= 11 is 0. The van der Waals surface area contributed by atoms with Crippen LogP contribution < -0.4 is 11.1 Å². The predicted octanol–water partition coefficient (Wildman–Crippen LogP) is 1.50. The van der Waals surface area contributed by atoms with Crippen molar-refractivity contribution in [1.82, 2.24) is 19.6 Å². The molecule has 3 N–H and O–H groups in total. The Labute approximate surface area is 131 Å². The number of rotatable bonds is 4. The first-order chi connectivity index (χ1) is 11.1. The highest BCUT2D eigenvalue weighted by atomic mass is 16.2. The standard InChI is InChI=1S/C15H16N6O2/c1-2-14(22)17-13-8-20(19-18-13)9-15(23)21-7-6-10-11(16)4-3-5-12(10)21/h3-8H,2,9,16H2,1H3,(H,17,22). The lowest BCUT2D eigenvalue weighted by molar-refractivity contribution is -0.115. The number of nitrogens with zero attached hydrogens (tertiary/aromatic N) is 4. The van der Waals surface area contributed by atoms with E-state index in [9.17, 15) is 9.59 Å². The van der Waals surface area contributed by atoms with Crippen LogP contribution in [-0.4, -0.2) is 31.4 Å². The first kappa shape index (κ1) is 14.8. The van der Waals surface area contributed by atoms with E-state index in [-0.39, 0.29) is 18.4 Å². The minimum Gasteiger partial charge on any atom is -0.398 e. The van der Waals surface area contributed by atoms with Crippen LogP contribution >= 0.6 is 0 Å². The van der Waals surface area contributed by atoms with E-state index in [1.807, 2.05) is 6.07 Å². The Kier molecular flexibility index (Phi) is 3.80. The molecule has 0 saturated heterocycles. The molecule has 2 heterocycles. The average Bonchev–Trinajstić information content (AvgIpc) is 3.14. The average molecular weight is 312 g/mol. The lowest BCUT2D eigenvalue weighted by atomic mass is 10.2. The molecule has 0 aliphatic rings. The number of nitrogens with one attached hydrogen (secondary N) is 1. The number of amides is 1. The van der Waals surface area contributed by atoms with Gasteiger partial charge >= 0.3 is 0 Å². The third kappa shape index (κ3) is 2.91. The fraction of sp³-hybridized carbons (Fsp3) is 0.200. The van der Waals surface area contributed by atoms with Gasteiger partial charge in [-0.15, -0.1) is 5.10 Å². The minimum absolute atomic E-state index is 0.00751. The smallest absolute Gasteiger partial charge is 0.252 e. The second-order valence-corrected chi connectivity index (χ2v) is 5.06. The van der Waals surface area contributed by atoms with Gasteiger partial charge < -0.3 is 11.1 Å². The maximum atomic E-state index is 12.4. The molecule has 0 fully saturated rings. The van der Waals surface area contributed by atoms with Gasteiger partial charge in [0, 0.05) is 23.7 Å². The SMILES string of the molecule is CCC(=O)Nc1cn(CC(=O)n2ccc3c(N)cccc32)nn1. The van der Waals surface area contributed by atoms with E-state index in [0.29, 0.717) is 17.9 Å². The van der Waals surface area contributed by atoms with Gasteiger partial charge in [0.2, 0.25) is 5.91 Å². The quantitative estimate of drug-likeness (QED) is 0.710. The van der Waals surface area contributed by atoms with Crippen LogP contribution in [0.4, 0.5) is 11.5 Å². The molecule has 0 radical (unpaired) electrons. The van der Waals surface area contributed by atoms with Crippen molar-refractivity contribution in [2.45, 2.75) is 19.9 Å². The fourth-order valence-electron chi connectivity index (χ4n) is 2.29. The van der Waals surface area contributed by atoms with Crippen LogP contribution in [0.25, 0.3) is 10.9 Å². The molecule has 0 saturated carbocycles. The van der Waals surface area contributed by atoms with Crippen molar-refractivity contribution in [1.29, 1.82) is 0 Å². The van der Waals surface area contributed by atoms with Gasteiger partial charge in [0.1, 0.15) is 6.54 Å². The molecule has 0 unspecified atom stereocenters. The summed E-state index contributed by atoms with van der Waals surface area (Å²) in [6.07, 6.45) is 3.55. The topological polar surface area (TPSA) is 108 Å². The second kappa shape index (κ2) is 5.91. The molecule has 3 aromatic rings. The van der Waals surface area contributed by atoms with Crippen molar-refractivity contribution in [3.8, 4) is 0 Å². The monoisotopic (exact) mass is 312 g/mol. The van der Waals surface area contributed by atoms with Crippen LogP contribution in [0.3, 0.4) is 0 Å². The van der Waals surface area contributed by atoms with Crippen LogP contribution in [0.1, 0.15) is 18.1 Å². The van der Waals surface area contributed by atoms with Crippen molar-refractivity contribution < 1.29 is 9.59 Å². The van der Waals surface area contributed by atoms with E-state index in [2.05, 4.69) is 15.6 Å². The zero-order chi connectivity index (χ0) is 16.4. The lowest BCUT2D eigenvalue weighted by Gasteiger charge is -2.04. The Morgan fingerprint density at radius 1 is 1.30 bits per heavy atom. The highest BCUT2D eigenvalue weighted by molar-refractivity contribution is 5.98. The number of nitrogens with two attached hydrogens (primary N) is 1. The van der Waals surface area contributed by atoms with Crippen molar-refractivity contribution in [3.05, 3.63) is 36.7 Å². The number of fused-ring (bicyclic) bond motifs is 1. The van der Waals surface area contributed by atoms with E-state index in [0.717, 1.165) is 10.9 Å². The maximum Gasteiger partial charge on any atom is 0.252 e. The van der Waals surface area contributed by atoms with Gasteiger partial charge in [0.05, 0.1) is 11.7 Å². The molecule has 118 valence electrons. The Hall–Kier alpha value is -3.16. The van der Waals surface area contributed by atoms with Crippen molar-refractivity contribution in [2.24, 2.45) is 0 Å². The van der Waals surface area contributed by atoms with Gasteiger partial charge in [-0.1, -0.05) is 18.2 Å². The van der Waals surface area contributed by atoms with Crippen molar-refractivity contribution >= 4 is 34.2 Å². The van der Waals surface area contributed by atoms with E-state index >= 15 is 0 Å². The largest absolute Gasteiger partial charge is 0.398 e. The summed E-state index contributed by atoms with van der Waals surface area (Å²) in [4.78, 5) is 23.7. The fourth-order valence-corrected chi connectivity index (χ4v) is 2.29. The number of hydrogen-bond acceptors (Lipinski definition) is 5. The van der Waals surface area contributed by atoms with E-state index in [1.165, 1.54) is 15.4 Å². The Balaban J connectivity index is 1.78. The van der Waals surface area contributed by atoms with Gasteiger partial charge in [0.25, 0.3) is 5.91 Å². The summed E-state index contributed by atoms with van der Waals surface area (Å²) < 4.78 is 2.91. The summed E-state index contributed by atoms with van der Waals surface area (Å²) in [6.45, 7) is 1.75. The number of aromatic nitrogens is 4. The highest BCUT2D eigenvalue weighted by Crippen LogP contribution is 2.21. The molecule has 2 aromatic heterocycles. The molecule has 8 nitrogen and oxygen atoms in total. The first-order valence-electron chi connectivity index (χ1n) is 7.17. The Morgan fingerprint density at radius 3 is 2.91 bits per heavy atom. The van der Waals surface area contributed by atoms with Crippen LogP contribution in [0, 0.1) is 0 Å². The molecule has 0 aliphatic heterocycles. The predicted molar refractivity (Wildman–Crippen MR) is 85.9 cm³/mol. The van der Waals surface area contributed by atoms with Gasteiger partial charge in [-0.2, -0.15) is 0 Å². The van der Waals surface area contributed by atoms with Gasteiger partial charge in [-0.3, -0.25) is 14.2 Å². The third-order valence-corrected chi connectivity index (χ3v) is 3.46. The molecule has 0 bridgehead atoms. The maximum absolute atomic E-state index is 12.4. The van der Waals surface area contributed by atoms with Crippen LogP contribution in [-0.2, 0) is 11.3 Å². The number of benzene rings is 1. The summed E-state index contributed by atoms with van der Waals surface area (Å²) in [5.41, 5.74) is 7.26. The number of anilines is 2. The summed E-state index contributed by atoms with van der Waals surface area (Å²) in [6, 6.07) is 7.22. The van der Waals surface area contributed by atoms with Crippen molar-refractivity contribution in [2.75, 3.05) is 11.1 Å². The van der Waals surface area contributed by atoms with Gasteiger partial charge in [0.15, 0.2) is 5.82 Å². The Morgan fingerprint density at radius 2 is 2.13 bits per heavy atom. The summed E-state index contributed by atoms with van der Waals surface area (Å²) in [5, 5.41) is 11.1. The molecule has 3 rings (SSSR count). The van der Waals surface area contributed by atoms with E-state index in [1.54, 1.807) is 31.3 Å². The third-order valence-electron chi connectivity index (χ3n) is 3.46. The number of hydrogen-bond donors (Lipinski definition) is 2. The normalized spacial score (nSPS) is 10.8. The second-order valence-electron chi connectivity index (χ2n) is 5.06. The van der Waals surface area contributed by atoms with Crippen molar-refractivity contribution in [3.63, 3.8) is 0 Å². The molecular formula is C15H16N6O2. The highest BCUT2D eigenvalue weighted by Gasteiger charge is 2.12. The van der Waals surface area contributed by atoms with E-state index in [4.69, 9.17) is 5.73 Å². The first-order valence-corrected chi connectivity index (χ1v) is 7.17. The molecule has 23 heavy (non-hydrogen) atoms. The number of carbonyl (C=O) groups is 2. The van der Waals surface area contributed by atoms with Crippen LogP contribution in [0.5, 0.6) is 0 Å². The molecule has 1 amide bonds. The molecule has 8 heteroatoms. The lowest BCUT2D eigenvalue weighted by Crippen LogP contribution is -2.17. The van der Waals surface area contributed by atoms with Gasteiger partial charge in [-0.05, 0) is 18.2 Å². The molecular weight excluding hydrogens is 296 g/mol. The number of nitrogen functional groups attached to an aromatic ring is 1. The molecule has 0 atom stereocenters. The number of carbonyl (C=O) groups excluding carboxylic acids is 2. The van der Waals surface area contributed by atoms with Crippen LogP contribution in [0.15, 0.2) is 36.7 Å². The Bertz CT molecular complexity index is 879. The summed E-state index contributed by atoms with van der Waals surface area (Å²) in [7, 11) is 0.